The average molecular weight is 386 g/mol. The summed E-state index contributed by atoms with van der Waals surface area (Å²) in [5.74, 6) is 6.79. The number of benzene rings is 1. The summed E-state index contributed by atoms with van der Waals surface area (Å²) in [6.07, 6.45) is 6.44. The van der Waals surface area contributed by atoms with E-state index < -0.39 is 0 Å². The Morgan fingerprint density at radius 2 is 2.22 bits per heavy atom. The molecule has 0 amide bonds. The maximum atomic E-state index is 8.83. The lowest BCUT2D eigenvalue weighted by molar-refractivity contribution is 0.307. The Hall–Kier alpha value is -2.82. The van der Waals surface area contributed by atoms with Gasteiger partial charge in [0.25, 0.3) is 0 Å². The summed E-state index contributed by atoms with van der Waals surface area (Å²) in [6.45, 7) is 0.664. The number of fused-ring (bicyclic) bond motifs is 1. The van der Waals surface area contributed by atoms with E-state index in [1.54, 1.807) is 11.9 Å². The topological polar surface area (TPSA) is 143 Å². The van der Waals surface area contributed by atoms with Crippen LogP contribution in [0.2, 0.25) is 0 Å². The molecule has 2 heterocycles. The maximum absolute atomic E-state index is 8.83. The fraction of sp³-hybridized carbons (Fsp3) is 0.235. The van der Waals surface area contributed by atoms with Crippen LogP contribution in [0.1, 0.15) is 11.3 Å². The molecule has 1 aliphatic rings. The molecule has 1 aromatic carbocycles. The van der Waals surface area contributed by atoms with Crippen molar-refractivity contribution in [3.8, 4) is 0 Å². The summed E-state index contributed by atoms with van der Waals surface area (Å²) in [4.78, 5) is 12.7. The summed E-state index contributed by atoms with van der Waals surface area (Å²) in [5, 5.41) is 10.3. The molecule has 0 unspecified atom stereocenters. The van der Waals surface area contributed by atoms with Gasteiger partial charge in [0.2, 0.25) is 0 Å². The standard InChI is InChI=1S/C17H22N8OS/c1-27-25-14-3-2-11(6-15(14)25)10-24(20)17-16(19)22-9-13(23-17)12(7-18)8-21-4-5-26/h2-3,6-9,26H,4-5,10,18,20H2,1H3,(H2,19,22). The third kappa shape index (κ3) is 4.13. The van der Waals surface area contributed by atoms with Crippen LogP contribution < -0.4 is 26.6 Å². The Bertz CT molecular complexity index is 885. The van der Waals surface area contributed by atoms with Crippen molar-refractivity contribution in [2.45, 2.75) is 6.54 Å². The number of aliphatic hydroxyl groups excluding tert-OH is 1. The molecule has 10 heteroatoms. The highest BCUT2D eigenvalue weighted by atomic mass is 32.2. The minimum Gasteiger partial charge on any atom is -0.404 e. The van der Waals surface area contributed by atoms with Crippen LogP contribution in [0, 0.1) is 0 Å². The number of aromatic nitrogens is 2. The number of anilines is 4. The third-order valence-corrected chi connectivity index (χ3v) is 4.71. The van der Waals surface area contributed by atoms with Gasteiger partial charge in [-0.1, -0.05) is 6.07 Å². The van der Waals surface area contributed by atoms with Crippen molar-refractivity contribution in [3.05, 3.63) is 41.9 Å². The van der Waals surface area contributed by atoms with E-state index in [2.05, 4.69) is 31.4 Å². The lowest BCUT2D eigenvalue weighted by Gasteiger charge is -2.19. The number of allylic oxidation sites excluding steroid dienone is 1. The van der Waals surface area contributed by atoms with Crippen LogP contribution in [0.4, 0.5) is 23.0 Å². The normalized spacial score (nSPS) is 13.1. The molecule has 1 aromatic heterocycles. The van der Waals surface area contributed by atoms with E-state index in [9.17, 15) is 0 Å². The molecule has 0 bridgehead atoms. The first kappa shape index (κ1) is 19.0. The van der Waals surface area contributed by atoms with Crippen molar-refractivity contribution in [1.82, 2.24) is 9.97 Å². The fourth-order valence-electron chi connectivity index (χ4n) is 2.59. The van der Waals surface area contributed by atoms with Crippen LogP contribution in [0.5, 0.6) is 0 Å². The molecule has 0 radical (unpaired) electrons. The number of aliphatic imine (C=N–C) groups is 1. The van der Waals surface area contributed by atoms with Crippen molar-refractivity contribution in [2.75, 3.05) is 34.5 Å². The molecule has 142 valence electrons. The predicted molar refractivity (Wildman–Crippen MR) is 112 cm³/mol. The maximum Gasteiger partial charge on any atom is 0.186 e. The molecular formula is C17H22N8OS. The van der Waals surface area contributed by atoms with Gasteiger partial charge in [0, 0.05) is 24.2 Å². The van der Waals surface area contributed by atoms with E-state index in [-0.39, 0.29) is 19.0 Å². The minimum atomic E-state index is -0.0433. The molecule has 0 saturated heterocycles. The van der Waals surface area contributed by atoms with Gasteiger partial charge in [-0.05, 0) is 29.6 Å². The molecule has 0 atom stereocenters. The zero-order valence-corrected chi connectivity index (χ0v) is 15.7. The van der Waals surface area contributed by atoms with Crippen LogP contribution in [-0.2, 0) is 6.54 Å². The van der Waals surface area contributed by atoms with Gasteiger partial charge < -0.3 is 16.6 Å². The van der Waals surface area contributed by atoms with E-state index in [4.69, 9.17) is 22.4 Å². The lowest BCUT2D eigenvalue weighted by atomic mass is 10.2. The number of nitrogen functional groups attached to an aromatic ring is 1. The summed E-state index contributed by atoms with van der Waals surface area (Å²) in [6, 6.07) is 6.18. The van der Waals surface area contributed by atoms with E-state index >= 15 is 0 Å². The van der Waals surface area contributed by atoms with Crippen LogP contribution >= 0.6 is 11.9 Å². The van der Waals surface area contributed by atoms with Crippen molar-refractivity contribution in [2.24, 2.45) is 16.6 Å². The number of aliphatic hydroxyl groups is 1. The monoisotopic (exact) mass is 386 g/mol. The number of hydrogen-bond donors (Lipinski definition) is 4. The molecule has 0 aliphatic carbocycles. The molecular weight excluding hydrogens is 364 g/mol. The number of nitrogens with two attached hydrogens (primary N) is 3. The quantitative estimate of drug-likeness (QED) is 0.172. The molecule has 0 spiro atoms. The lowest BCUT2D eigenvalue weighted by Crippen LogP contribution is -2.32. The highest BCUT2D eigenvalue weighted by Crippen LogP contribution is 2.52. The average Bonchev–Trinajstić information content (AvgIpc) is 3.38. The number of hydrazine groups is 1. The molecule has 27 heavy (non-hydrogen) atoms. The Labute approximate surface area is 161 Å². The Morgan fingerprint density at radius 3 is 2.93 bits per heavy atom. The second-order valence-electron chi connectivity index (χ2n) is 5.77. The first-order valence-corrected chi connectivity index (χ1v) is 9.42. The zero-order chi connectivity index (χ0) is 19.4. The molecule has 1 aliphatic heterocycles. The number of rotatable bonds is 8. The molecule has 2 aromatic rings. The summed E-state index contributed by atoms with van der Waals surface area (Å²) < 4.78 is 2.14. The largest absolute Gasteiger partial charge is 0.404 e. The highest BCUT2D eigenvalue weighted by Gasteiger charge is 2.28. The second kappa shape index (κ2) is 8.25. The van der Waals surface area contributed by atoms with Gasteiger partial charge in [0.15, 0.2) is 11.6 Å². The van der Waals surface area contributed by atoms with Gasteiger partial charge in [0.1, 0.15) is 0 Å². The highest BCUT2D eigenvalue weighted by molar-refractivity contribution is 8.00. The molecule has 0 saturated carbocycles. The number of hydrogen-bond acceptors (Lipinski definition) is 10. The van der Waals surface area contributed by atoms with E-state index in [1.807, 2.05) is 12.3 Å². The minimum absolute atomic E-state index is 0.0433. The first-order valence-electron chi connectivity index (χ1n) is 8.24. The third-order valence-electron chi connectivity index (χ3n) is 3.95. The van der Waals surface area contributed by atoms with Crippen molar-refractivity contribution in [1.29, 1.82) is 0 Å². The fourth-order valence-corrected chi connectivity index (χ4v) is 3.24. The van der Waals surface area contributed by atoms with Gasteiger partial charge in [-0.15, -0.1) is 0 Å². The van der Waals surface area contributed by atoms with Gasteiger partial charge in [-0.2, -0.15) is 0 Å². The zero-order valence-electron chi connectivity index (χ0n) is 14.9. The van der Waals surface area contributed by atoms with Crippen LogP contribution in [0.25, 0.3) is 5.57 Å². The summed E-state index contributed by atoms with van der Waals surface area (Å²) >= 11 is 1.66. The second-order valence-corrected chi connectivity index (χ2v) is 6.50. The summed E-state index contributed by atoms with van der Waals surface area (Å²) in [7, 11) is 0. The smallest absolute Gasteiger partial charge is 0.186 e. The van der Waals surface area contributed by atoms with Crippen LogP contribution in [0.15, 0.2) is 35.6 Å². The van der Waals surface area contributed by atoms with E-state index in [0.29, 0.717) is 23.6 Å². The summed E-state index contributed by atoms with van der Waals surface area (Å²) in [5.41, 5.74) is 16.1. The van der Waals surface area contributed by atoms with Gasteiger partial charge in [-0.25, -0.2) is 15.8 Å². The molecule has 7 N–H and O–H groups in total. The van der Waals surface area contributed by atoms with E-state index in [0.717, 1.165) is 5.56 Å². The van der Waals surface area contributed by atoms with Crippen molar-refractivity contribution < 1.29 is 5.11 Å². The van der Waals surface area contributed by atoms with Gasteiger partial charge in [-0.3, -0.25) is 14.3 Å². The Balaban J connectivity index is 1.78. The molecule has 0 fully saturated rings. The SMILES string of the molecule is CSN1c2ccc(CN(N)c3nc(C(C=NCCO)=CN)cnc3N)cc21. The molecule has 9 nitrogen and oxygen atoms in total. The molecule has 3 rings (SSSR count). The predicted octanol–water partition coefficient (Wildman–Crippen LogP) is 1.03. The Kier molecular flexibility index (Phi) is 5.79. The van der Waals surface area contributed by atoms with Crippen molar-refractivity contribution in [3.63, 3.8) is 0 Å². The Morgan fingerprint density at radius 1 is 1.41 bits per heavy atom. The van der Waals surface area contributed by atoms with Gasteiger partial charge in [0.05, 0.1) is 43.0 Å². The van der Waals surface area contributed by atoms with Crippen LogP contribution in [0.3, 0.4) is 0 Å². The van der Waals surface area contributed by atoms with E-state index in [1.165, 1.54) is 35.0 Å². The van der Waals surface area contributed by atoms with Gasteiger partial charge >= 0.3 is 0 Å². The van der Waals surface area contributed by atoms with Crippen molar-refractivity contribution >= 4 is 46.7 Å². The first-order chi connectivity index (χ1) is 13.1. The number of nitrogens with zero attached hydrogens (tertiary/aromatic N) is 5. The van der Waals surface area contributed by atoms with Crippen LogP contribution in [-0.4, -0.2) is 40.7 Å².